The van der Waals surface area contributed by atoms with Gasteiger partial charge in [0, 0.05) is 34.5 Å². The highest BCUT2D eigenvalue weighted by molar-refractivity contribution is 6.31. The highest BCUT2D eigenvalue weighted by Crippen LogP contribution is 2.53. The third kappa shape index (κ3) is 7.43. The molecule has 1 aliphatic rings. The normalized spacial score (nSPS) is 20.7. The summed E-state index contributed by atoms with van der Waals surface area (Å²) in [6, 6.07) is 12.9. The van der Waals surface area contributed by atoms with Crippen molar-refractivity contribution in [2.75, 3.05) is 20.8 Å². The molecule has 3 aromatic carbocycles. The highest BCUT2D eigenvalue weighted by Gasteiger charge is 2.60. The molecular weight excluding hydrogens is 653 g/mol. The van der Waals surface area contributed by atoms with E-state index in [4.69, 9.17) is 32.7 Å². The molecule has 8 nitrogen and oxygen atoms in total. The molecule has 0 aromatic heterocycles. The van der Waals surface area contributed by atoms with Crippen LogP contribution in [-0.2, 0) is 30.9 Å². The Balaban J connectivity index is 1.83. The van der Waals surface area contributed by atoms with Crippen molar-refractivity contribution < 1.29 is 37.4 Å². The van der Waals surface area contributed by atoms with Crippen LogP contribution in [0.3, 0.4) is 0 Å². The molecule has 1 aliphatic heterocycles. The molecule has 4 atom stereocenters. The van der Waals surface area contributed by atoms with Gasteiger partial charge in [-0.05, 0) is 47.7 Å². The van der Waals surface area contributed by atoms with Crippen LogP contribution in [0.5, 0.6) is 5.75 Å². The monoisotopic (exact) mass is 686 g/mol. The van der Waals surface area contributed by atoms with Gasteiger partial charge in [0.1, 0.15) is 22.8 Å². The molecule has 0 aliphatic carbocycles. The van der Waals surface area contributed by atoms with Crippen molar-refractivity contribution in [3.63, 3.8) is 0 Å². The zero-order valence-corrected chi connectivity index (χ0v) is 28.0. The first-order valence-corrected chi connectivity index (χ1v) is 15.4. The zero-order chi connectivity index (χ0) is 34.7. The van der Waals surface area contributed by atoms with Gasteiger partial charge in [-0.15, -0.1) is 0 Å². The molecule has 0 unspecified atom stereocenters. The van der Waals surface area contributed by atoms with Gasteiger partial charge in [0.2, 0.25) is 0 Å². The number of nitrogens with one attached hydrogen (secondary N) is 1. The number of ether oxygens (including phenoxy) is 3. The van der Waals surface area contributed by atoms with Crippen LogP contribution < -0.4 is 10.1 Å². The van der Waals surface area contributed by atoms with E-state index in [-0.39, 0.29) is 38.9 Å². The number of carbonyl (C=O) groups is 3. The number of hydrogen-bond donors (Lipinski definition) is 1. The maximum atomic E-state index is 15.9. The van der Waals surface area contributed by atoms with Gasteiger partial charge in [-0.1, -0.05) is 68.2 Å². The molecule has 1 fully saturated rings. The highest BCUT2D eigenvalue weighted by atomic mass is 35.5. The molecule has 3 aromatic rings. The van der Waals surface area contributed by atoms with Crippen LogP contribution in [0.2, 0.25) is 10.0 Å². The van der Waals surface area contributed by atoms with Crippen molar-refractivity contribution in [2.45, 2.75) is 57.0 Å². The summed E-state index contributed by atoms with van der Waals surface area (Å²) in [5, 5.41) is 14.2. The maximum absolute atomic E-state index is 15.9. The Hall–Kier alpha value is -4.04. The van der Waals surface area contributed by atoms with E-state index in [0.717, 1.165) is 13.2 Å². The standard InChI is InChI=1S/C35H34Cl2F2N2O6/c1-34(2,3)16-28-35(18-40,23-12-11-21(36)15-25(23)38)30(22-7-6-8-24(37)31(22)39)32(41-28)26(42)13-19-9-10-20(14-27(19)45-4)33(44)47-17-29(43)46-5/h6-12,14-15,28,30,32,41H,13,16-17H2,1-5H3/t28-,30-,32-,35-/m0/s1. The Morgan fingerprint density at radius 2 is 1.77 bits per heavy atom. The zero-order valence-electron chi connectivity index (χ0n) is 26.5. The third-order valence-electron chi connectivity index (χ3n) is 8.23. The van der Waals surface area contributed by atoms with E-state index < -0.39 is 64.8 Å². The van der Waals surface area contributed by atoms with Crippen LogP contribution in [0.25, 0.3) is 0 Å². The fourth-order valence-electron chi connectivity index (χ4n) is 6.19. The molecule has 1 N–H and O–H groups in total. The lowest BCUT2D eigenvalue weighted by molar-refractivity contribution is -0.144. The van der Waals surface area contributed by atoms with Gasteiger partial charge in [0.05, 0.1) is 36.9 Å². The van der Waals surface area contributed by atoms with E-state index in [1.807, 2.05) is 20.8 Å². The lowest BCUT2D eigenvalue weighted by atomic mass is 9.62. The minimum atomic E-state index is -1.77. The lowest BCUT2D eigenvalue weighted by Crippen LogP contribution is -2.44. The number of halogens is 4. The van der Waals surface area contributed by atoms with Crippen LogP contribution in [0.4, 0.5) is 8.78 Å². The second-order valence-corrected chi connectivity index (χ2v) is 13.4. The Labute approximate surface area is 281 Å². The summed E-state index contributed by atoms with van der Waals surface area (Å²) in [5.74, 6) is -4.63. The van der Waals surface area contributed by atoms with Crippen molar-refractivity contribution in [3.05, 3.63) is 98.5 Å². The number of hydrogen-bond acceptors (Lipinski definition) is 8. The van der Waals surface area contributed by atoms with Crippen molar-refractivity contribution >= 4 is 40.9 Å². The van der Waals surface area contributed by atoms with Crippen molar-refractivity contribution in [1.82, 2.24) is 5.32 Å². The van der Waals surface area contributed by atoms with Crippen molar-refractivity contribution in [1.29, 1.82) is 5.26 Å². The Morgan fingerprint density at radius 3 is 2.38 bits per heavy atom. The number of carbonyl (C=O) groups excluding carboxylic acids is 3. The minimum absolute atomic E-state index is 0.0219. The van der Waals surface area contributed by atoms with Crippen molar-refractivity contribution in [2.24, 2.45) is 5.41 Å². The van der Waals surface area contributed by atoms with E-state index in [1.54, 1.807) is 0 Å². The second kappa shape index (κ2) is 14.4. The van der Waals surface area contributed by atoms with Gasteiger partial charge < -0.3 is 19.5 Å². The first-order chi connectivity index (χ1) is 22.2. The summed E-state index contributed by atoms with van der Waals surface area (Å²) in [6.45, 7) is 5.25. The number of methoxy groups -OCH3 is 2. The molecule has 1 saturated heterocycles. The van der Waals surface area contributed by atoms with Gasteiger partial charge in [-0.25, -0.2) is 18.4 Å². The first kappa shape index (κ1) is 35.8. The Morgan fingerprint density at radius 1 is 1.04 bits per heavy atom. The van der Waals surface area contributed by atoms with E-state index >= 15 is 8.78 Å². The Kier molecular flexibility index (Phi) is 11.0. The van der Waals surface area contributed by atoms with Crippen LogP contribution in [0.1, 0.15) is 60.2 Å². The second-order valence-electron chi connectivity index (χ2n) is 12.5. The van der Waals surface area contributed by atoms with E-state index in [9.17, 15) is 19.6 Å². The smallest absolute Gasteiger partial charge is 0.344 e. The molecule has 12 heteroatoms. The fraction of sp³-hybridized carbons (Fsp3) is 0.371. The molecule has 0 radical (unpaired) electrons. The molecule has 47 heavy (non-hydrogen) atoms. The lowest BCUT2D eigenvalue weighted by Gasteiger charge is -2.37. The van der Waals surface area contributed by atoms with Gasteiger partial charge in [0.25, 0.3) is 0 Å². The summed E-state index contributed by atoms with van der Waals surface area (Å²) >= 11 is 12.3. The summed E-state index contributed by atoms with van der Waals surface area (Å²) in [5.41, 5.74) is -1.78. The van der Waals surface area contributed by atoms with Crippen LogP contribution >= 0.6 is 23.2 Å². The number of rotatable bonds is 10. The predicted octanol–water partition coefficient (Wildman–Crippen LogP) is 6.74. The summed E-state index contributed by atoms with van der Waals surface area (Å²) in [7, 11) is 2.52. The van der Waals surface area contributed by atoms with Gasteiger partial charge in [-0.2, -0.15) is 5.26 Å². The average Bonchev–Trinajstić information content (AvgIpc) is 3.33. The SMILES string of the molecule is COC(=O)COC(=O)c1ccc(CC(=O)[C@@H]2N[C@@H](CC(C)(C)C)[C@](C#N)(c3ccc(Cl)cc3F)[C@H]2c2cccc(Cl)c2F)c(OC)c1. The molecule has 4 rings (SSSR count). The molecule has 1 heterocycles. The number of Topliss-reactive ketones (excluding diaryl/α,β-unsaturated/α-hetero) is 1. The Bertz CT molecular complexity index is 1740. The molecular formula is C35H34Cl2F2N2O6. The van der Waals surface area contributed by atoms with E-state index in [0.29, 0.717) is 12.0 Å². The molecule has 0 amide bonds. The van der Waals surface area contributed by atoms with Crippen LogP contribution in [0.15, 0.2) is 54.6 Å². The van der Waals surface area contributed by atoms with Crippen LogP contribution in [-0.4, -0.2) is 50.6 Å². The van der Waals surface area contributed by atoms with Crippen molar-refractivity contribution in [3.8, 4) is 11.8 Å². The number of nitrogens with zero attached hydrogens (tertiary/aromatic N) is 1. The summed E-state index contributed by atoms with van der Waals surface area (Å²) in [6.07, 6.45) is 0.0562. The number of esters is 2. The van der Waals surface area contributed by atoms with Gasteiger partial charge >= 0.3 is 11.9 Å². The third-order valence-corrected chi connectivity index (χ3v) is 8.76. The predicted molar refractivity (Wildman–Crippen MR) is 172 cm³/mol. The topological polar surface area (TPSA) is 115 Å². The minimum Gasteiger partial charge on any atom is -0.496 e. The molecule has 0 spiro atoms. The van der Waals surface area contributed by atoms with E-state index in [1.165, 1.54) is 55.6 Å². The quantitative estimate of drug-likeness (QED) is 0.233. The number of nitriles is 1. The maximum Gasteiger partial charge on any atom is 0.344 e. The molecule has 0 saturated carbocycles. The number of benzene rings is 3. The summed E-state index contributed by atoms with van der Waals surface area (Å²) in [4.78, 5) is 38.2. The first-order valence-electron chi connectivity index (χ1n) is 14.7. The molecule has 0 bridgehead atoms. The number of ketones is 1. The van der Waals surface area contributed by atoms with E-state index in [2.05, 4.69) is 16.1 Å². The average molecular weight is 688 g/mol. The van der Waals surface area contributed by atoms with Gasteiger partial charge in [-0.3, -0.25) is 4.79 Å². The largest absolute Gasteiger partial charge is 0.496 e. The molecule has 248 valence electrons. The van der Waals surface area contributed by atoms with Crippen LogP contribution in [0, 0.1) is 28.4 Å². The fourth-order valence-corrected chi connectivity index (χ4v) is 6.53. The van der Waals surface area contributed by atoms with Gasteiger partial charge in [0.15, 0.2) is 12.4 Å². The summed E-state index contributed by atoms with van der Waals surface area (Å²) < 4.78 is 46.7.